The molecule has 7 heteroatoms. The fourth-order valence-corrected chi connectivity index (χ4v) is 5.81. The van der Waals surface area contributed by atoms with Crippen molar-refractivity contribution in [2.24, 2.45) is 0 Å². The van der Waals surface area contributed by atoms with E-state index in [0.29, 0.717) is 18.0 Å². The summed E-state index contributed by atoms with van der Waals surface area (Å²) in [4.78, 5) is 2.94. The van der Waals surface area contributed by atoms with Gasteiger partial charge in [-0.25, -0.2) is 8.42 Å². The van der Waals surface area contributed by atoms with Gasteiger partial charge < -0.3 is 9.64 Å². The molecule has 0 radical (unpaired) electrons. The Morgan fingerprint density at radius 2 is 1.79 bits per heavy atom. The second-order valence-corrected chi connectivity index (χ2v) is 11.6. The van der Waals surface area contributed by atoms with Crippen molar-refractivity contribution in [3.05, 3.63) is 52.2 Å². The smallest absolute Gasteiger partial charge is 0.243 e. The standard InChI is InChI=1S/C22H32N2O3S2/c1-22(2,3)19-7-9-21(10-8-19)29(25,26)24(18-20-6-4-17-28-20)12-5-11-23-13-15-27-16-14-23/h4,6-10,17H,5,11-16,18H2,1-3H3/p+1. The quantitative estimate of drug-likeness (QED) is 0.691. The molecule has 0 unspecified atom stereocenters. The Kier molecular flexibility index (Phi) is 7.51. The van der Waals surface area contributed by atoms with Crippen molar-refractivity contribution in [2.45, 2.75) is 44.0 Å². The van der Waals surface area contributed by atoms with Gasteiger partial charge in [-0.3, -0.25) is 0 Å². The van der Waals surface area contributed by atoms with Crippen LogP contribution in [0, 0.1) is 0 Å². The predicted molar refractivity (Wildman–Crippen MR) is 118 cm³/mol. The minimum Gasteiger partial charge on any atom is -0.370 e. The number of morpholine rings is 1. The molecule has 0 aliphatic carbocycles. The highest BCUT2D eigenvalue weighted by atomic mass is 32.2. The monoisotopic (exact) mass is 437 g/mol. The van der Waals surface area contributed by atoms with Crippen molar-refractivity contribution < 1.29 is 18.1 Å². The molecule has 0 saturated carbocycles. The Labute approximate surface area is 179 Å². The summed E-state index contributed by atoms with van der Waals surface area (Å²) in [6, 6.07) is 11.4. The maximum atomic E-state index is 13.4. The number of nitrogens with zero attached hydrogens (tertiary/aromatic N) is 1. The number of rotatable bonds is 8. The molecule has 1 aliphatic rings. The van der Waals surface area contributed by atoms with E-state index in [4.69, 9.17) is 4.74 Å². The molecule has 1 aromatic carbocycles. The van der Waals surface area contributed by atoms with Crippen LogP contribution in [0.1, 0.15) is 37.6 Å². The van der Waals surface area contributed by atoms with Crippen LogP contribution in [0.25, 0.3) is 0 Å². The summed E-state index contributed by atoms with van der Waals surface area (Å²) in [7, 11) is -3.54. The third kappa shape index (κ3) is 6.12. The number of benzene rings is 1. The summed E-state index contributed by atoms with van der Waals surface area (Å²) in [5.74, 6) is 0. The third-order valence-electron chi connectivity index (χ3n) is 5.41. The Bertz CT molecular complexity index is 850. The summed E-state index contributed by atoms with van der Waals surface area (Å²) in [5, 5.41) is 2.00. The Morgan fingerprint density at radius 3 is 2.38 bits per heavy atom. The number of ether oxygens (including phenoxy) is 1. The molecule has 0 bridgehead atoms. The highest BCUT2D eigenvalue weighted by molar-refractivity contribution is 7.89. The molecular formula is C22H33N2O3S2+. The van der Waals surface area contributed by atoms with E-state index in [-0.39, 0.29) is 5.41 Å². The van der Waals surface area contributed by atoms with Gasteiger partial charge in [0.15, 0.2) is 0 Å². The minimum absolute atomic E-state index is 0.000118. The zero-order chi connectivity index (χ0) is 20.9. The zero-order valence-electron chi connectivity index (χ0n) is 17.7. The molecule has 1 saturated heterocycles. The average molecular weight is 438 g/mol. The molecule has 0 spiro atoms. The van der Waals surface area contributed by atoms with Crippen LogP contribution >= 0.6 is 11.3 Å². The molecule has 5 nitrogen and oxygen atoms in total. The number of quaternary nitrogens is 1. The highest BCUT2D eigenvalue weighted by Crippen LogP contribution is 2.26. The molecule has 1 aliphatic heterocycles. The van der Waals surface area contributed by atoms with E-state index in [9.17, 15) is 8.42 Å². The maximum absolute atomic E-state index is 13.4. The number of thiophene rings is 1. The first-order valence-electron chi connectivity index (χ1n) is 10.3. The van der Waals surface area contributed by atoms with Crippen LogP contribution < -0.4 is 4.90 Å². The third-order valence-corrected chi connectivity index (χ3v) is 8.13. The van der Waals surface area contributed by atoms with E-state index in [1.807, 2.05) is 29.6 Å². The number of nitrogens with one attached hydrogen (secondary N) is 1. The molecule has 29 heavy (non-hydrogen) atoms. The Balaban J connectivity index is 1.74. The largest absolute Gasteiger partial charge is 0.370 e. The van der Waals surface area contributed by atoms with Gasteiger partial charge in [-0.15, -0.1) is 11.3 Å². The average Bonchev–Trinajstić information content (AvgIpc) is 3.21. The lowest BCUT2D eigenvalue weighted by Gasteiger charge is -2.26. The first kappa shape index (κ1) is 22.4. The van der Waals surface area contributed by atoms with Crippen LogP contribution in [0.4, 0.5) is 0 Å². The Hall–Kier alpha value is -1.25. The molecule has 1 aromatic heterocycles. The van der Waals surface area contributed by atoms with Crippen molar-refractivity contribution >= 4 is 21.4 Å². The normalized spacial score (nSPS) is 16.4. The van der Waals surface area contributed by atoms with Crippen LogP contribution in [-0.4, -0.2) is 52.1 Å². The van der Waals surface area contributed by atoms with E-state index in [0.717, 1.165) is 49.7 Å². The van der Waals surface area contributed by atoms with Gasteiger partial charge in [0.25, 0.3) is 0 Å². The van der Waals surface area contributed by atoms with Gasteiger partial charge in [-0.1, -0.05) is 39.0 Å². The van der Waals surface area contributed by atoms with Crippen LogP contribution in [0.5, 0.6) is 0 Å². The van der Waals surface area contributed by atoms with Crippen LogP contribution in [0.3, 0.4) is 0 Å². The van der Waals surface area contributed by atoms with E-state index < -0.39 is 10.0 Å². The lowest BCUT2D eigenvalue weighted by molar-refractivity contribution is -0.908. The topological polar surface area (TPSA) is 51.0 Å². The molecule has 0 atom stereocenters. The number of hydrogen-bond acceptors (Lipinski definition) is 4. The van der Waals surface area contributed by atoms with Gasteiger partial charge >= 0.3 is 0 Å². The number of hydrogen-bond donors (Lipinski definition) is 1. The van der Waals surface area contributed by atoms with Crippen LogP contribution in [-0.2, 0) is 26.7 Å². The van der Waals surface area contributed by atoms with Crippen molar-refractivity contribution in [1.82, 2.24) is 4.31 Å². The molecule has 0 amide bonds. The second kappa shape index (κ2) is 9.71. The van der Waals surface area contributed by atoms with Gasteiger partial charge in [-0.05, 0) is 34.6 Å². The van der Waals surface area contributed by atoms with Gasteiger partial charge in [0, 0.05) is 24.4 Å². The zero-order valence-corrected chi connectivity index (χ0v) is 19.3. The van der Waals surface area contributed by atoms with E-state index in [2.05, 4.69) is 20.8 Å². The summed E-state index contributed by atoms with van der Waals surface area (Å²) in [5.41, 5.74) is 1.14. The van der Waals surface area contributed by atoms with E-state index in [1.165, 1.54) is 4.90 Å². The van der Waals surface area contributed by atoms with Crippen molar-refractivity contribution in [2.75, 3.05) is 39.4 Å². The van der Waals surface area contributed by atoms with Crippen molar-refractivity contribution in [3.8, 4) is 0 Å². The molecule has 1 N–H and O–H groups in total. The van der Waals surface area contributed by atoms with Gasteiger partial charge in [0.05, 0.1) is 24.7 Å². The first-order valence-corrected chi connectivity index (χ1v) is 12.6. The summed E-state index contributed by atoms with van der Waals surface area (Å²) in [6.45, 7) is 11.9. The van der Waals surface area contributed by atoms with E-state index in [1.54, 1.807) is 27.8 Å². The van der Waals surface area contributed by atoms with Gasteiger partial charge in [0.1, 0.15) is 13.1 Å². The minimum atomic E-state index is -3.54. The van der Waals surface area contributed by atoms with Crippen molar-refractivity contribution in [3.63, 3.8) is 0 Å². The molecule has 160 valence electrons. The van der Waals surface area contributed by atoms with Gasteiger partial charge in [-0.2, -0.15) is 4.31 Å². The van der Waals surface area contributed by atoms with Crippen LogP contribution in [0.15, 0.2) is 46.7 Å². The van der Waals surface area contributed by atoms with Crippen LogP contribution in [0.2, 0.25) is 0 Å². The Morgan fingerprint density at radius 1 is 1.10 bits per heavy atom. The summed E-state index contributed by atoms with van der Waals surface area (Å²) >= 11 is 1.60. The molecule has 3 rings (SSSR count). The molecule has 2 heterocycles. The van der Waals surface area contributed by atoms with Gasteiger partial charge in [0.2, 0.25) is 10.0 Å². The van der Waals surface area contributed by atoms with Crippen molar-refractivity contribution in [1.29, 1.82) is 0 Å². The maximum Gasteiger partial charge on any atom is 0.243 e. The molecular weight excluding hydrogens is 404 g/mol. The fourth-order valence-electron chi connectivity index (χ4n) is 3.55. The summed E-state index contributed by atoms with van der Waals surface area (Å²) < 4.78 is 33.9. The second-order valence-electron chi connectivity index (χ2n) is 8.66. The SMILES string of the molecule is CC(C)(C)c1ccc(S(=O)(=O)N(CCC[NH+]2CCOCC2)Cc2cccs2)cc1. The lowest BCUT2D eigenvalue weighted by atomic mass is 9.87. The molecule has 1 fully saturated rings. The highest BCUT2D eigenvalue weighted by Gasteiger charge is 2.26. The predicted octanol–water partition coefficient (Wildman–Crippen LogP) is 2.54. The lowest BCUT2D eigenvalue weighted by Crippen LogP contribution is -3.14. The molecule has 2 aromatic rings. The summed E-state index contributed by atoms with van der Waals surface area (Å²) in [6.07, 6.45) is 0.847. The first-order chi connectivity index (χ1) is 13.8. The van der Waals surface area contributed by atoms with E-state index >= 15 is 0 Å². The number of sulfonamides is 1. The fraction of sp³-hybridized carbons (Fsp3) is 0.545.